The van der Waals surface area contributed by atoms with Gasteiger partial charge in [-0.2, -0.15) is 0 Å². The van der Waals surface area contributed by atoms with Gasteiger partial charge in [-0.15, -0.1) is 11.3 Å². The molecule has 0 amide bonds. The van der Waals surface area contributed by atoms with Crippen LogP contribution in [-0.4, -0.2) is 22.6 Å². The maximum absolute atomic E-state index is 4.93. The first-order valence-corrected chi connectivity index (χ1v) is 8.19. The van der Waals surface area contributed by atoms with Crippen LogP contribution in [0.1, 0.15) is 43.2 Å². The minimum absolute atomic E-state index is 0.540. The fraction of sp³-hybridized carbons (Fsp3) is 0.500. The third-order valence-electron chi connectivity index (χ3n) is 3.77. The van der Waals surface area contributed by atoms with Crippen LogP contribution in [0.4, 0.5) is 0 Å². The average Bonchev–Trinajstić information content (AvgIpc) is 2.90. The lowest BCUT2D eigenvalue weighted by Crippen LogP contribution is -2.29. The number of aromatic nitrogens is 2. The Hall–Kier alpha value is -1.26. The first kappa shape index (κ1) is 13.7. The standard InChI is InChI=1S/C16H21N3S/c1-11(2)18-10-13-4-3-5-14-15(13)19-16(20-14)12-6-8-17-9-7-12/h6-9,11,13,18H,3-5,10H2,1-2H3. The van der Waals surface area contributed by atoms with E-state index in [9.17, 15) is 0 Å². The summed E-state index contributed by atoms with van der Waals surface area (Å²) < 4.78 is 0. The van der Waals surface area contributed by atoms with Crippen molar-refractivity contribution < 1.29 is 0 Å². The van der Waals surface area contributed by atoms with Crippen LogP contribution in [0.3, 0.4) is 0 Å². The van der Waals surface area contributed by atoms with Crippen LogP contribution in [0.25, 0.3) is 10.6 Å². The van der Waals surface area contributed by atoms with Crippen molar-refractivity contribution in [1.82, 2.24) is 15.3 Å². The Morgan fingerprint density at radius 2 is 2.15 bits per heavy atom. The number of nitrogens with one attached hydrogen (secondary N) is 1. The molecule has 1 aliphatic rings. The van der Waals surface area contributed by atoms with Gasteiger partial charge >= 0.3 is 0 Å². The quantitative estimate of drug-likeness (QED) is 0.933. The Morgan fingerprint density at radius 1 is 1.35 bits per heavy atom. The number of pyridine rings is 1. The minimum Gasteiger partial charge on any atom is -0.314 e. The fourth-order valence-electron chi connectivity index (χ4n) is 2.70. The first-order chi connectivity index (χ1) is 9.74. The minimum atomic E-state index is 0.540. The van der Waals surface area contributed by atoms with Gasteiger partial charge in [0.05, 0.1) is 5.69 Å². The van der Waals surface area contributed by atoms with Gasteiger partial charge in [0.25, 0.3) is 0 Å². The Labute approximate surface area is 124 Å². The summed E-state index contributed by atoms with van der Waals surface area (Å²) in [4.78, 5) is 10.5. The predicted octanol–water partition coefficient (Wildman–Crippen LogP) is 3.62. The van der Waals surface area contributed by atoms with Crippen LogP contribution < -0.4 is 5.32 Å². The largest absolute Gasteiger partial charge is 0.314 e. The second-order valence-electron chi connectivity index (χ2n) is 5.72. The number of fused-ring (bicyclic) bond motifs is 1. The van der Waals surface area contributed by atoms with Crippen molar-refractivity contribution in [3.8, 4) is 10.6 Å². The summed E-state index contributed by atoms with van der Waals surface area (Å²) >= 11 is 1.86. The van der Waals surface area contributed by atoms with Crippen molar-refractivity contribution >= 4 is 11.3 Å². The summed E-state index contributed by atoms with van der Waals surface area (Å²) in [6, 6.07) is 4.64. The number of hydrogen-bond acceptors (Lipinski definition) is 4. The molecule has 3 rings (SSSR count). The van der Waals surface area contributed by atoms with E-state index in [0.717, 1.165) is 11.6 Å². The molecule has 106 valence electrons. The lowest BCUT2D eigenvalue weighted by atomic mass is 9.91. The van der Waals surface area contributed by atoms with Gasteiger partial charge in [0.15, 0.2) is 0 Å². The predicted molar refractivity (Wildman–Crippen MR) is 84.2 cm³/mol. The van der Waals surface area contributed by atoms with Gasteiger partial charge in [-0.05, 0) is 31.4 Å². The highest BCUT2D eigenvalue weighted by Gasteiger charge is 2.25. The molecule has 1 unspecified atom stereocenters. The topological polar surface area (TPSA) is 37.8 Å². The molecule has 1 atom stereocenters. The maximum Gasteiger partial charge on any atom is 0.123 e. The fourth-order valence-corrected chi connectivity index (χ4v) is 3.90. The zero-order valence-corrected chi connectivity index (χ0v) is 12.9. The van der Waals surface area contributed by atoms with E-state index < -0.39 is 0 Å². The van der Waals surface area contributed by atoms with Gasteiger partial charge < -0.3 is 5.32 Å². The van der Waals surface area contributed by atoms with Crippen molar-refractivity contribution in [3.05, 3.63) is 35.1 Å². The summed E-state index contributed by atoms with van der Waals surface area (Å²) in [6.45, 7) is 5.45. The smallest absolute Gasteiger partial charge is 0.123 e. The van der Waals surface area contributed by atoms with Crippen molar-refractivity contribution in [2.24, 2.45) is 0 Å². The van der Waals surface area contributed by atoms with Crippen LogP contribution in [0, 0.1) is 0 Å². The molecule has 0 bridgehead atoms. The Bertz CT molecular complexity index is 562. The molecule has 3 nitrogen and oxygen atoms in total. The van der Waals surface area contributed by atoms with Crippen molar-refractivity contribution in [3.63, 3.8) is 0 Å². The maximum atomic E-state index is 4.93. The van der Waals surface area contributed by atoms with E-state index in [0.29, 0.717) is 12.0 Å². The molecule has 0 aliphatic heterocycles. The molecule has 1 aliphatic carbocycles. The van der Waals surface area contributed by atoms with Crippen LogP contribution in [0.15, 0.2) is 24.5 Å². The normalized spacial score (nSPS) is 18.2. The van der Waals surface area contributed by atoms with E-state index in [4.69, 9.17) is 4.98 Å². The summed E-state index contributed by atoms with van der Waals surface area (Å²) in [5, 5.41) is 4.71. The van der Waals surface area contributed by atoms with E-state index in [1.165, 1.54) is 35.4 Å². The van der Waals surface area contributed by atoms with Crippen LogP contribution >= 0.6 is 11.3 Å². The van der Waals surface area contributed by atoms with E-state index in [1.807, 2.05) is 35.9 Å². The molecule has 0 radical (unpaired) electrons. The van der Waals surface area contributed by atoms with Crippen LogP contribution in [0.5, 0.6) is 0 Å². The Kier molecular flexibility index (Phi) is 4.13. The summed E-state index contributed by atoms with van der Waals surface area (Å²) in [5.41, 5.74) is 2.52. The number of thiazole rings is 1. The Morgan fingerprint density at radius 3 is 2.90 bits per heavy atom. The second kappa shape index (κ2) is 6.02. The second-order valence-corrected chi connectivity index (χ2v) is 6.80. The molecule has 2 aromatic rings. The number of rotatable bonds is 4. The van der Waals surface area contributed by atoms with E-state index >= 15 is 0 Å². The van der Waals surface area contributed by atoms with Crippen molar-refractivity contribution in [2.75, 3.05) is 6.54 Å². The number of hydrogen-bond donors (Lipinski definition) is 1. The molecular formula is C16H21N3S. The molecule has 2 aromatic heterocycles. The van der Waals surface area contributed by atoms with Crippen molar-refractivity contribution in [1.29, 1.82) is 0 Å². The molecule has 0 fully saturated rings. The molecule has 0 aromatic carbocycles. The molecule has 4 heteroatoms. The number of nitrogens with zero attached hydrogens (tertiary/aromatic N) is 2. The van der Waals surface area contributed by atoms with E-state index in [1.54, 1.807) is 0 Å². The molecule has 0 spiro atoms. The average molecular weight is 287 g/mol. The number of aryl methyl sites for hydroxylation is 1. The van der Waals surface area contributed by atoms with Crippen LogP contribution in [-0.2, 0) is 6.42 Å². The summed E-state index contributed by atoms with van der Waals surface area (Å²) in [6.07, 6.45) is 7.42. The van der Waals surface area contributed by atoms with Gasteiger partial charge in [0, 0.05) is 41.3 Å². The molecular weight excluding hydrogens is 266 g/mol. The highest BCUT2D eigenvalue weighted by Crippen LogP contribution is 2.37. The molecule has 0 saturated heterocycles. The third kappa shape index (κ3) is 2.91. The molecule has 20 heavy (non-hydrogen) atoms. The SMILES string of the molecule is CC(C)NCC1CCCc2sc(-c3ccncc3)nc21. The van der Waals surface area contributed by atoms with Gasteiger partial charge in [-0.1, -0.05) is 13.8 Å². The summed E-state index contributed by atoms with van der Waals surface area (Å²) in [5.74, 6) is 0.577. The van der Waals surface area contributed by atoms with Crippen LogP contribution in [0.2, 0.25) is 0 Å². The third-order valence-corrected chi connectivity index (χ3v) is 4.95. The molecule has 0 saturated carbocycles. The van der Waals surface area contributed by atoms with Gasteiger partial charge in [-0.3, -0.25) is 4.98 Å². The zero-order chi connectivity index (χ0) is 13.9. The molecule has 1 N–H and O–H groups in total. The zero-order valence-electron chi connectivity index (χ0n) is 12.1. The monoisotopic (exact) mass is 287 g/mol. The van der Waals surface area contributed by atoms with Gasteiger partial charge in [-0.25, -0.2) is 4.98 Å². The lowest BCUT2D eigenvalue weighted by Gasteiger charge is -2.22. The highest BCUT2D eigenvalue weighted by molar-refractivity contribution is 7.15. The Balaban J connectivity index is 1.85. The van der Waals surface area contributed by atoms with Gasteiger partial charge in [0.1, 0.15) is 5.01 Å². The molecule has 2 heterocycles. The summed E-state index contributed by atoms with van der Waals surface area (Å²) in [7, 11) is 0. The first-order valence-electron chi connectivity index (χ1n) is 7.37. The van der Waals surface area contributed by atoms with E-state index in [-0.39, 0.29) is 0 Å². The lowest BCUT2D eigenvalue weighted by molar-refractivity contribution is 0.475. The van der Waals surface area contributed by atoms with Crippen molar-refractivity contribution in [2.45, 2.75) is 45.1 Å². The van der Waals surface area contributed by atoms with Gasteiger partial charge in [0.2, 0.25) is 0 Å². The van der Waals surface area contributed by atoms with E-state index in [2.05, 4.69) is 24.1 Å². The highest BCUT2D eigenvalue weighted by atomic mass is 32.1.